The predicted octanol–water partition coefficient (Wildman–Crippen LogP) is 6.34. The number of sulfonamides is 1. The van der Waals surface area contributed by atoms with Crippen molar-refractivity contribution in [3.63, 3.8) is 0 Å². The van der Waals surface area contributed by atoms with Gasteiger partial charge in [-0.25, -0.2) is 32.4 Å². The van der Waals surface area contributed by atoms with Crippen LogP contribution in [-0.4, -0.2) is 34.3 Å². The Balaban J connectivity index is 1.53. The largest absolute Gasteiger partial charge is 0.476 e. The quantitative estimate of drug-likeness (QED) is 0.197. The number of carboxylic acids is 1. The number of nitrogens with two attached hydrogens (primary N) is 1. The van der Waals surface area contributed by atoms with Crippen molar-refractivity contribution in [1.82, 2.24) is 14.8 Å². The normalized spacial score (nSPS) is 13.4. The maximum absolute atomic E-state index is 14.9. The van der Waals surface area contributed by atoms with Crippen LogP contribution in [0, 0.1) is 11.7 Å². The molecule has 0 bridgehead atoms. The second-order valence-electron chi connectivity index (χ2n) is 10.2. The standard InChI is InChI=1S/C30H24ClFN4O4S2/c31-22-6-2-4-20(15-22)19-3-1-5-21(14-19)28-23(11-18-9-10-27(24(32)12-18)42(33,39)40)26(13-17-7-8-17)36(35-28)30-34-25(16-41-30)29(37)38/h1-6,9-10,12,14-17H,7-8,11,13H2,(H,37,38)(H2,33,39,40). The van der Waals surface area contributed by atoms with Gasteiger partial charge in [0.15, 0.2) is 5.69 Å². The van der Waals surface area contributed by atoms with Gasteiger partial charge in [-0.1, -0.05) is 48.0 Å². The van der Waals surface area contributed by atoms with Gasteiger partial charge in [0.2, 0.25) is 15.2 Å². The van der Waals surface area contributed by atoms with Crippen molar-refractivity contribution in [2.45, 2.75) is 30.6 Å². The molecule has 1 aliphatic carbocycles. The van der Waals surface area contributed by atoms with Gasteiger partial charge in [0.05, 0.1) is 11.4 Å². The third-order valence-electron chi connectivity index (χ3n) is 7.14. The fraction of sp³-hybridized carbons (Fsp3) is 0.167. The number of aromatic nitrogens is 3. The summed E-state index contributed by atoms with van der Waals surface area (Å²) in [6, 6.07) is 19.2. The summed E-state index contributed by atoms with van der Waals surface area (Å²) in [7, 11) is -4.22. The van der Waals surface area contributed by atoms with Gasteiger partial charge < -0.3 is 5.11 Å². The molecule has 42 heavy (non-hydrogen) atoms. The average molecular weight is 623 g/mol. The number of hydrogen-bond acceptors (Lipinski definition) is 6. The zero-order valence-electron chi connectivity index (χ0n) is 22.0. The smallest absolute Gasteiger partial charge is 0.355 e. The minimum atomic E-state index is -4.22. The summed E-state index contributed by atoms with van der Waals surface area (Å²) in [5, 5.41) is 22.1. The summed E-state index contributed by atoms with van der Waals surface area (Å²) < 4.78 is 40.1. The van der Waals surface area contributed by atoms with Crippen LogP contribution in [0.3, 0.4) is 0 Å². The summed E-state index contributed by atoms with van der Waals surface area (Å²) in [6.07, 6.45) is 3.04. The lowest BCUT2D eigenvalue weighted by Gasteiger charge is -2.10. The predicted molar refractivity (Wildman–Crippen MR) is 159 cm³/mol. The molecule has 6 rings (SSSR count). The van der Waals surface area contributed by atoms with Gasteiger partial charge in [0, 0.05) is 28.0 Å². The molecule has 0 atom stereocenters. The van der Waals surface area contributed by atoms with Gasteiger partial charge in [-0.3, -0.25) is 0 Å². The van der Waals surface area contributed by atoms with Crippen molar-refractivity contribution < 1.29 is 22.7 Å². The third-order valence-corrected chi connectivity index (χ3v) is 9.13. The van der Waals surface area contributed by atoms with Crippen LogP contribution in [-0.2, 0) is 22.9 Å². The minimum absolute atomic E-state index is 0.0745. The second kappa shape index (κ2) is 11.1. The van der Waals surface area contributed by atoms with Crippen LogP contribution in [0.5, 0.6) is 0 Å². The van der Waals surface area contributed by atoms with E-state index < -0.39 is 26.7 Å². The number of rotatable bonds is 9. The molecule has 1 saturated carbocycles. The number of carbonyl (C=O) groups is 1. The number of halogens is 2. The molecule has 3 aromatic carbocycles. The maximum atomic E-state index is 14.9. The van der Waals surface area contributed by atoms with Gasteiger partial charge in [0.1, 0.15) is 10.7 Å². The average Bonchev–Trinajstić information content (AvgIpc) is 3.50. The van der Waals surface area contributed by atoms with E-state index in [1.165, 1.54) is 28.8 Å². The first-order valence-electron chi connectivity index (χ1n) is 13.0. The monoisotopic (exact) mass is 622 g/mol. The van der Waals surface area contributed by atoms with Crippen molar-refractivity contribution in [2.75, 3.05) is 0 Å². The molecule has 0 radical (unpaired) electrons. The first-order chi connectivity index (χ1) is 20.1. The van der Waals surface area contributed by atoms with Crippen LogP contribution >= 0.6 is 22.9 Å². The van der Waals surface area contributed by atoms with E-state index in [2.05, 4.69) is 4.98 Å². The topological polar surface area (TPSA) is 128 Å². The Morgan fingerprint density at radius 2 is 1.79 bits per heavy atom. The van der Waals surface area contributed by atoms with E-state index in [9.17, 15) is 22.7 Å². The highest BCUT2D eigenvalue weighted by Gasteiger charge is 2.29. The third kappa shape index (κ3) is 5.86. The number of benzene rings is 3. The van der Waals surface area contributed by atoms with Gasteiger partial charge in [-0.15, -0.1) is 11.3 Å². The molecule has 0 aliphatic heterocycles. The Bertz CT molecular complexity index is 1950. The first kappa shape index (κ1) is 28.2. The molecule has 1 aliphatic rings. The molecule has 0 unspecified atom stereocenters. The number of primary sulfonamides is 1. The van der Waals surface area contributed by atoms with E-state index in [0.717, 1.165) is 40.8 Å². The maximum Gasteiger partial charge on any atom is 0.355 e. The number of nitrogens with zero attached hydrogens (tertiary/aromatic N) is 3. The highest BCUT2D eigenvalue weighted by atomic mass is 35.5. The van der Waals surface area contributed by atoms with E-state index in [4.69, 9.17) is 21.8 Å². The Labute approximate surface area is 250 Å². The molecule has 1 fully saturated rings. The lowest BCUT2D eigenvalue weighted by molar-refractivity contribution is 0.0691. The molecule has 12 heteroatoms. The molecule has 5 aromatic rings. The molecule has 0 saturated heterocycles. The van der Waals surface area contributed by atoms with Gasteiger partial charge >= 0.3 is 5.97 Å². The molecular weight excluding hydrogens is 599 g/mol. The van der Waals surface area contributed by atoms with Crippen LogP contribution < -0.4 is 5.14 Å². The fourth-order valence-electron chi connectivity index (χ4n) is 4.93. The first-order valence-corrected chi connectivity index (χ1v) is 15.8. The van der Waals surface area contributed by atoms with E-state index >= 15 is 0 Å². The molecule has 2 heterocycles. The van der Waals surface area contributed by atoms with E-state index in [0.29, 0.717) is 33.8 Å². The fourth-order valence-corrected chi connectivity index (χ4v) is 6.48. The Morgan fingerprint density at radius 3 is 2.43 bits per heavy atom. The zero-order chi connectivity index (χ0) is 29.6. The van der Waals surface area contributed by atoms with E-state index in [1.54, 1.807) is 16.8 Å². The summed E-state index contributed by atoms with van der Waals surface area (Å²) >= 11 is 7.43. The molecule has 0 amide bonds. The van der Waals surface area contributed by atoms with Crippen LogP contribution in [0.15, 0.2) is 77.0 Å². The SMILES string of the molecule is NS(=O)(=O)c1ccc(Cc2c(-c3cccc(-c4cccc(Cl)c4)c3)nn(-c3nc(C(=O)O)cs3)c2CC2CC2)cc1F. The van der Waals surface area contributed by atoms with Crippen LogP contribution in [0.2, 0.25) is 5.02 Å². The summed E-state index contributed by atoms with van der Waals surface area (Å²) in [6.45, 7) is 0. The van der Waals surface area contributed by atoms with Crippen LogP contribution in [0.25, 0.3) is 27.5 Å². The van der Waals surface area contributed by atoms with Gasteiger partial charge in [0.25, 0.3) is 0 Å². The summed E-state index contributed by atoms with van der Waals surface area (Å²) in [4.78, 5) is 15.3. The van der Waals surface area contributed by atoms with Crippen molar-refractivity contribution in [3.8, 4) is 27.5 Å². The number of hydrogen-bond donors (Lipinski definition) is 2. The lowest BCUT2D eigenvalue weighted by Crippen LogP contribution is -2.14. The van der Waals surface area contributed by atoms with Crippen molar-refractivity contribution in [1.29, 1.82) is 0 Å². The van der Waals surface area contributed by atoms with Crippen molar-refractivity contribution >= 4 is 38.9 Å². The van der Waals surface area contributed by atoms with E-state index in [1.807, 2.05) is 42.5 Å². The highest BCUT2D eigenvalue weighted by Crippen LogP contribution is 2.39. The van der Waals surface area contributed by atoms with Crippen molar-refractivity contribution in [2.24, 2.45) is 11.1 Å². The highest BCUT2D eigenvalue weighted by molar-refractivity contribution is 7.89. The van der Waals surface area contributed by atoms with Gasteiger partial charge in [-0.2, -0.15) is 5.10 Å². The van der Waals surface area contributed by atoms with E-state index in [-0.39, 0.29) is 12.1 Å². The number of aromatic carboxylic acids is 1. The van der Waals surface area contributed by atoms with Crippen molar-refractivity contribution in [3.05, 3.63) is 105 Å². The molecule has 8 nitrogen and oxygen atoms in total. The molecule has 0 spiro atoms. The Morgan fingerprint density at radius 1 is 1.07 bits per heavy atom. The van der Waals surface area contributed by atoms with Gasteiger partial charge in [-0.05, 0) is 72.2 Å². The number of thiazole rings is 1. The van der Waals surface area contributed by atoms with Crippen LogP contribution in [0.1, 0.15) is 40.2 Å². The molecule has 3 N–H and O–H groups in total. The molecule has 2 aromatic heterocycles. The van der Waals surface area contributed by atoms with Crippen LogP contribution in [0.4, 0.5) is 4.39 Å². The second-order valence-corrected chi connectivity index (χ2v) is 13.0. The Hall–Kier alpha value is -3.90. The molecular formula is C30H24ClFN4O4S2. The summed E-state index contributed by atoms with van der Waals surface area (Å²) in [5.74, 6) is -1.62. The summed E-state index contributed by atoms with van der Waals surface area (Å²) in [5.41, 5.74) is 5.42. The lowest BCUT2D eigenvalue weighted by atomic mass is 9.95. The zero-order valence-corrected chi connectivity index (χ0v) is 24.4. The number of carboxylic acid groups (broad SMARTS) is 1. The molecule has 214 valence electrons. The Kier molecular flexibility index (Phi) is 7.44. The minimum Gasteiger partial charge on any atom is -0.476 e.